The van der Waals surface area contributed by atoms with Gasteiger partial charge in [0.15, 0.2) is 6.29 Å². The Morgan fingerprint density at radius 2 is 2.04 bits per heavy atom. The summed E-state index contributed by atoms with van der Waals surface area (Å²) in [5.74, 6) is 0.708. The number of likely N-dealkylation sites (tertiary alicyclic amines) is 1. The number of nitrogens with zero attached hydrogens (tertiary/aromatic N) is 2. The van der Waals surface area contributed by atoms with Crippen molar-refractivity contribution in [2.75, 3.05) is 26.7 Å². The van der Waals surface area contributed by atoms with E-state index in [1.807, 2.05) is 24.4 Å². The van der Waals surface area contributed by atoms with Crippen LogP contribution in [-0.2, 0) is 4.74 Å². The van der Waals surface area contributed by atoms with Crippen molar-refractivity contribution in [3.8, 4) is 0 Å². The molecule has 1 fully saturated rings. The van der Waals surface area contributed by atoms with Crippen molar-refractivity contribution in [1.82, 2.24) is 9.30 Å². The van der Waals surface area contributed by atoms with Crippen LogP contribution in [0.5, 0.6) is 0 Å². The molecule has 2 aromatic rings. The topological polar surface area (TPSA) is 81.7 Å². The van der Waals surface area contributed by atoms with E-state index in [1.165, 1.54) is 25.0 Å². The molecule has 0 radical (unpaired) electrons. The number of carbonyl (C=O) groups is 1. The summed E-state index contributed by atoms with van der Waals surface area (Å²) in [7, 11) is 2.15. The largest absolute Gasteiger partial charge is 0.478 e. The molecule has 1 saturated heterocycles. The molecule has 1 aliphatic heterocycles. The Balaban J connectivity index is 1.55. The molecular formula is C21H26N4O2. The number of fused-ring (bicyclic) bond motifs is 1. The Hall–Kier alpha value is -2.73. The predicted octanol–water partition coefficient (Wildman–Crippen LogP) is 3.40. The van der Waals surface area contributed by atoms with E-state index in [1.54, 1.807) is 10.5 Å². The zero-order valence-corrected chi connectivity index (χ0v) is 15.6. The van der Waals surface area contributed by atoms with E-state index in [4.69, 9.17) is 15.6 Å². The molecule has 6 nitrogen and oxygen atoms in total. The lowest BCUT2D eigenvalue weighted by molar-refractivity contribution is 0.112. The van der Waals surface area contributed by atoms with Gasteiger partial charge in [0.1, 0.15) is 0 Å². The summed E-state index contributed by atoms with van der Waals surface area (Å²) in [5, 5.41) is 16.2. The monoisotopic (exact) mass is 366 g/mol. The fourth-order valence-corrected chi connectivity index (χ4v) is 3.49. The zero-order valence-electron chi connectivity index (χ0n) is 15.6. The summed E-state index contributed by atoms with van der Waals surface area (Å²) < 4.78 is 7.30. The lowest BCUT2D eigenvalue weighted by atomic mass is 9.94. The minimum atomic E-state index is 0.0428. The van der Waals surface area contributed by atoms with Crippen LogP contribution >= 0.6 is 0 Å². The molecule has 0 bridgehead atoms. The summed E-state index contributed by atoms with van der Waals surface area (Å²) in [6, 6.07) is 7.40. The first kappa shape index (κ1) is 19.0. The van der Waals surface area contributed by atoms with E-state index in [2.05, 4.69) is 11.9 Å². The fourth-order valence-electron chi connectivity index (χ4n) is 3.49. The summed E-state index contributed by atoms with van der Waals surface area (Å²) in [6.45, 7) is 2.78. The second-order valence-electron chi connectivity index (χ2n) is 7.06. The molecule has 0 unspecified atom stereocenters. The molecule has 0 saturated carbocycles. The molecule has 0 aromatic carbocycles. The minimum Gasteiger partial charge on any atom is -0.478 e. The smallest absolute Gasteiger partial charge is 0.205 e. The van der Waals surface area contributed by atoms with Crippen molar-refractivity contribution >= 4 is 23.4 Å². The third kappa shape index (κ3) is 4.71. The fraction of sp³-hybridized carbons (Fsp3) is 0.381. The number of pyridine rings is 1. The van der Waals surface area contributed by atoms with E-state index in [0.717, 1.165) is 31.3 Å². The SMILES string of the molecule is CN1CCC(CCOC(=N)/C=C\C(=N)c2c(C=O)cc3ccccn23)CC1. The number of carbonyl (C=O) groups excluding carboxylic acids is 1. The molecule has 27 heavy (non-hydrogen) atoms. The van der Waals surface area contributed by atoms with Gasteiger partial charge in [-0.25, -0.2) is 0 Å². The molecule has 0 atom stereocenters. The van der Waals surface area contributed by atoms with E-state index >= 15 is 0 Å². The Morgan fingerprint density at radius 1 is 1.26 bits per heavy atom. The summed E-state index contributed by atoms with van der Waals surface area (Å²) in [6.07, 6.45) is 8.90. The van der Waals surface area contributed by atoms with Crippen molar-refractivity contribution in [2.45, 2.75) is 19.3 Å². The molecule has 0 amide bonds. The van der Waals surface area contributed by atoms with Crippen LogP contribution in [0.3, 0.4) is 0 Å². The number of allylic oxidation sites excluding steroid dienone is 1. The number of hydrogen-bond acceptors (Lipinski definition) is 5. The highest BCUT2D eigenvalue weighted by atomic mass is 16.5. The second kappa shape index (κ2) is 8.77. The van der Waals surface area contributed by atoms with Gasteiger partial charge in [-0.15, -0.1) is 0 Å². The van der Waals surface area contributed by atoms with Crippen molar-refractivity contribution < 1.29 is 9.53 Å². The highest BCUT2D eigenvalue weighted by molar-refractivity contribution is 6.12. The predicted molar refractivity (Wildman–Crippen MR) is 107 cm³/mol. The van der Waals surface area contributed by atoms with Crippen LogP contribution in [-0.4, -0.2) is 53.9 Å². The van der Waals surface area contributed by atoms with E-state index < -0.39 is 0 Å². The van der Waals surface area contributed by atoms with Gasteiger partial charge >= 0.3 is 0 Å². The first-order valence-corrected chi connectivity index (χ1v) is 9.30. The van der Waals surface area contributed by atoms with E-state index in [9.17, 15) is 4.79 Å². The molecule has 142 valence electrons. The maximum absolute atomic E-state index is 11.3. The average Bonchev–Trinajstić information content (AvgIpc) is 3.06. The van der Waals surface area contributed by atoms with Gasteiger partial charge in [-0.2, -0.15) is 0 Å². The minimum absolute atomic E-state index is 0.0428. The lowest BCUT2D eigenvalue weighted by Crippen LogP contribution is -2.30. The molecule has 3 rings (SSSR count). The van der Waals surface area contributed by atoms with Gasteiger partial charge in [-0.3, -0.25) is 15.6 Å². The summed E-state index contributed by atoms with van der Waals surface area (Å²) in [4.78, 5) is 13.7. The van der Waals surface area contributed by atoms with E-state index in [-0.39, 0.29) is 11.6 Å². The Kier molecular flexibility index (Phi) is 6.19. The third-order valence-electron chi connectivity index (χ3n) is 5.11. The zero-order chi connectivity index (χ0) is 19.2. The van der Waals surface area contributed by atoms with Crippen molar-refractivity contribution in [2.24, 2.45) is 5.92 Å². The van der Waals surface area contributed by atoms with Gasteiger partial charge in [0, 0.05) is 23.4 Å². The second-order valence-corrected chi connectivity index (χ2v) is 7.06. The van der Waals surface area contributed by atoms with Gasteiger partial charge < -0.3 is 14.0 Å². The molecule has 3 heterocycles. The molecule has 1 aliphatic rings. The maximum Gasteiger partial charge on any atom is 0.205 e. The number of hydrogen-bond donors (Lipinski definition) is 2. The number of aromatic nitrogens is 1. The van der Waals surface area contributed by atoms with Gasteiger partial charge in [0.05, 0.1) is 18.0 Å². The van der Waals surface area contributed by atoms with Crippen molar-refractivity contribution in [3.05, 3.63) is 53.9 Å². The van der Waals surface area contributed by atoms with Gasteiger partial charge in [0.25, 0.3) is 0 Å². The van der Waals surface area contributed by atoms with Crippen LogP contribution in [0.1, 0.15) is 35.3 Å². The number of aldehydes is 1. The average molecular weight is 366 g/mol. The Morgan fingerprint density at radius 3 is 2.78 bits per heavy atom. The number of piperidine rings is 1. The van der Waals surface area contributed by atoms with Crippen LogP contribution in [0, 0.1) is 16.7 Å². The van der Waals surface area contributed by atoms with Crippen LogP contribution in [0.25, 0.3) is 5.52 Å². The van der Waals surface area contributed by atoms with Crippen LogP contribution in [0.4, 0.5) is 0 Å². The molecule has 2 aromatic heterocycles. The van der Waals surface area contributed by atoms with Crippen LogP contribution < -0.4 is 0 Å². The molecular weight excluding hydrogens is 340 g/mol. The molecule has 0 spiro atoms. The Bertz CT molecular complexity index is 860. The highest BCUT2D eigenvalue weighted by Crippen LogP contribution is 2.19. The molecule has 2 N–H and O–H groups in total. The first-order chi connectivity index (χ1) is 13.1. The van der Waals surface area contributed by atoms with Crippen molar-refractivity contribution in [1.29, 1.82) is 10.8 Å². The molecule has 6 heteroatoms. The van der Waals surface area contributed by atoms with E-state index in [0.29, 0.717) is 23.8 Å². The summed E-state index contributed by atoms with van der Waals surface area (Å²) >= 11 is 0. The lowest BCUT2D eigenvalue weighted by Gasteiger charge is -2.28. The Labute approximate surface area is 159 Å². The standard InChI is InChI=1S/C21H26N4O2/c1-24-11-7-16(8-12-24)9-13-27-20(23)6-5-19(22)21-17(15-26)14-18-4-2-3-10-25(18)21/h2-6,10,14-16,22-23H,7-9,11-13H2,1H3/b6-5-,22-19?,23-20?. The van der Waals surface area contributed by atoms with Gasteiger partial charge in [-0.1, -0.05) is 6.07 Å². The molecule has 0 aliphatic carbocycles. The maximum atomic E-state index is 11.3. The van der Waals surface area contributed by atoms with Crippen molar-refractivity contribution in [3.63, 3.8) is 0 Å². The van der Waals surface area contributed by atoms with Crippen LogP contribution in [0.15, 0.2) is 42.6 Å². The quantitative estimate of drug-likeness (QED) is 0.448. The first-order valence-electron chi connectivity index (χ1n) is 9.30. The third-order valence-corrected chi connectivity index (χ3v) is 5.11. The number of nitrogens with one attached hydrogen (secondary N) is 2. The van der Waals surface area contributed by atoms with Gasteiger partial charge in [-0.05, 0) is 69.6 Å². The van der Waals surface area contributed by atoms with Gasteiger partial charge in [0.2, 0.25) is 5.90 Å². The normalized spacial score (nSPS) is 16.0. The number of rotatable bonds is 7. The highest BCUT2D eigenvalue weighted by Gasteiger charge is 2.16. The summed E-state index contributed by atoms with van der Waals surface area (Å²) in [5.41, 5.74) is 2.02. The number of ether oxygens (including phenoxy) is 1. The van der Waals surface area contributed by atoms with Crippen LogP contribution in [0.2, 0.25) is 0 Å².